The normalized spacial score (nSPS) is 20.1. The molecule has 0 saturated heterocycles. The quantitative estimate of drug-likeness (QED) is 0.267. The Labute approximate surface area is 272 Å². The smallest absolute Gasteiger partial charge is 0.174 e. The van der Waals surface area contributed by atoms with Gasteiger partial charge in [-0.2, -0.15) is 0 Å². The minimum absolute atomic E-state index is 0.130. The summed E-state index contributed by atoms with van der Waals surface area (Å²) in [6.07, 6.45) is 3.45. The lowest BCUT2D eigenvalue weighted by molar-refractivity contribution is -0.119. The highest BCUT2D eigenvalue weighted by Gasteiger charge is 2.49. The number of benzene rings is 2. The molecule has 0 unspecified atom stereocenters. The highest BCUT2D eigenvalue weighted by atomic mass is 127. The molecule has 1 aliphatic heterocycles. The molecule has 0 fully saturated rings. The summed E-state index contributed by atoms with van der Waals surface area (Å²) in [7, 11) is 1.61. The van der Waals surface area contributed by atoms with Crippen molar-refractivity contribution in [3.8, 4) is 11.5 Å². The van der Waals surface area contributed by atoms with Crippen molar-refractivity contribution in [2.75, 3.05) is 13.7 Å². The van der Waals surface area contributed by atoms with Crippen LogP contribution in [0.3, 0.4) is 0 Å². The summed E-state index contributed by atoms with van der Waals surface area (Å²) in [6.45, 7) is 11.9. The minimum Gasteiger partial charge on any atom is -0.493 e. The van der Waals surface area contributed by atoms with Crippen LogP contribution in [0.2, 0.25) is 10.0 Å². The average molecular weight is 722 g/mol. The second kappa shape index (κ2) is 11.8. The summed E-state index contributed by atoms with van der Waals surface area (Å²) in [5.41, 5.74) is 5.19. The van der Waals surface area contributed by atoms with Gasteiger partial charge in [-0.05, 0) is 88.1 Å². The number of hydrogen-bond donors (Lipinski definition) is 0. The summed E-state index contributed by atoms with van der Waals surface area (Å²) in [5, 5.41) is 0.962. The molecule has 0 N–H and O–H groups in total. The Morgan fingerprint density at radius 3 is 2.02 bits per heavy atom. The zero-order chi connectivity index (χ0) is 30.6. The fraction of sp³-hybridized carbons (Fsp3) is 0.471. The van der Waals surface area contributed by atoms with Crippen LogP contribution >= 0.6 is 45.8 Å². The SMILES string of the molecule is CCCN1C2=C(C(=O)CC(C)(C)C2)C(c2cc(I)c(OCc3ccc(Cl)c(Cl)c3)c(OC)c2)C2=C1CC(C)(C)CC2=O. The van der Waals surface area contributed by atoms with E-state index in [4.69, 9.17) is 32.7 Å². The number of halogens is 3. The van der Waals surface area contributed by atoms with E-state index in [0.717, 1.165) is 63.0 Å². The fourth-order valence-corrected chi connectivity index (χ4v) is 7.81. The molecule has 1 heterocycles. The lowest BCUT2D eigenvalue weighted by Crippen LogP contribution is -2.44. The molecular weight excluding hydrogens is 684 g/mol. The van der Waals surface area contributed by atoms with Crippen LogP contribution in [0.5, 0.6) is 11.5 Å². The minimum atomic E-state index is -0.429. The van der Waals surface area contributed by atoms with Crippen molar-refractivity contribution in [1.29, 1.82) is 0 Å². The third kappa shape index (κ3) is 6.00. The molecule has 2 aliphatic carbocycles. The van der Waals surface area contributed by atoms with Crippen molar-refractivity contribution < 1.29 is 19.1 Å². The lowest BCUT2D eigenvalue weighted by atomic mass is 9.63. The molecule has 2 aromatic carbocycles. The standard InChI is InChI=1S/C34H38Cl2INO4/c1-7-10-38-24-14-33(2,3)16-26(39)30(24)29(31-25(38)15-34(4,5)17-27(31)40)20-12-23(37)32(28(13-20)41-6)42-18-19-8-9-21(35)22(36)11-19/h8-9,11-13,29H,7,10,14-18H2,1-6H3. The van der Waals surface area contributed by atoms with Crippen LogP contribution in [-0.4, -0.2) is 30.1 Å². The first-order valence-corrected chi connectivity index (χ1v) is 16.3. The third-order valence-corrected chi connectivity index (χ3v) is 9.96. The van der Waals surface area contributed by atoms with E-state index in [1.165, 1.54) is 0 Å². The van der Waals surface area contributed by atoms with E-state index in [9.17, 15) is 9.59 Å². The van der Waals surface area contributed by atoms with Crippen molar-refractivity contribution in [3.05, 3.63) is 77.6 Å². The number of hydrogen-bond acceptors (Lipinski definition) is 5. The van der Waals surface area contributed by atoms with Gasteiger partial charge in [0.15, 0.2) is 23.1 Å². The predicted molar refractivity (Wildman–Crippen MR) is 176 cm³/mol. The summed E-state index contributed by atoms with van der Waals surface area (Å²) >= 11 is 14.6. The highest BCUT2D eigenvalue weighted by molar-refractivity contribution is 14.1. The number of ether oxygens (including phenoxy) is 2. The molecule has 0 saturated carbocycles. The molecule has 0 atom stereocenters. The first-order valence-electron chi connectivity index (χ1n) is 14.5. The molecule has 2 aromatic rings. The summed E-state index contributed by atoms with van der Waals surface area (Å²) in [5.74, 6) is 0.995. The van der Waals surface area contributed by atoms with Crippen molar-refractivity contribution in [1.82, 2.24) is 4.90 Å². The molecule has 224 valence electrons. The van der Waals surface area contributed by atoms with E-state index in [1.807, 2.05) is 18.2 Å². The Balaban J connectivity index is 1.64. The number of carbonyl (C=O) groups excluding carboxylic acids is 2. The first kappa shape index (κ1) is 31.4. The zero-order valence-electron chi connectivity index (χ0n) is 25.1. The van der Waals surface area contributed by atoms with Crippen LogP contribution in [0.1, 0.15) is 83.8 Å². The zero-order valence-corrected chi connectivity index (χ0v) is 28.8. The van der Waals surface area contributed by atoms with E-state index >= 15 is 0 Å². The average Bonchev–Trinajstić information content (AvgIpc) is 2.89. The van der Waals surface area contributed by atoms with Gasteiger partial charge in [0.1, 0.15) is 6.61 Å². The maximum atomic E-state index is 14.0. The van der Waals surface area contributed by atoms with Crippen molar-refractivity contribution in [3.63, 3.8) is 0 Å². The maximum Gasteiger partial charge on any atom is 0.174 e. The Morgan fingerprint density at radius 2 is 1.50 bits per heavy atom. The number of rotatable bonds is 7. The van der Waals surface area contributed by atoms with E-state index in [1.54, 1.807) is 19.2 Å². The van der Waals surface area contributed by atoms with E-state index in [2.05, 4.69) is 62.1 Å². The summed E-state index contributed by atoms with van der Waals surface area (Å²) < 4.78 is 12.9. The number of allylic oxidation sites excluding steroid dienone is 4. The van der Waals surface area contributed by atoms with Crippen LogP contribution in [0.15, 0.2) is 52.9 Å². The van der Waals surface area contributed by atoms with Crippen molar-refractivity contribution in [2.24, 2.45) is 10.8 Å². The molecule has 8 heteroatoms. The molecule has 0 bridgehead atoms. The predicted octanol–water partition coefficient (Wildman–Crippen LogP) is 9.28. The van der Waals surface area contributed by atoms with Gasteiger partial charge in [-0.1, -0.05) is 63.9 Å². The number of ketones is 2. The molecule has 3 aliphatic rings. The van der Waals surface area contributed by atoms with Gasteiger partial charge in [0.25, 0.3) is 0 Å². The Kier molecular flexibility index (Phi) is 8.83. The number of Topliss-reactive ketones (excluding diaryl/α,β-unsaturated/α-hetero) is 2. The van der Waals surface area contributed by atoms with Gasteiger partial charge in [0, 0.05) is 47.8 Å². The van der Waals surface area contributed by atoms with E-state index in [-0.39, 0.29) is 29.0 Å². The van der Waals surface area contributed by atoms with Crippen LogP contribution in [0, 0.1) is 14.4 Å². The van der Waals surface area contributed by atoms with Crippen molar-refractivity contribution in [2.45, 2.75) is 79.2 Å². The molecule has 0 aromatic heterocycles. The Morgan fingerprint density at radius 1 is 0.905 bits per heavy atom. The first-order chi connectivity index (χ1) is 19.7. The van der Waals surface area contributed by atoms with Gasteiger partial charge in [0.2, 0.25) is 0 Å². The van der Waals surface area contributed by atoms with Gasteiger partial charge in [-0.3, -0.25) is 9.59 Å². The van der Waals surface area contributed by atoms with Crippen molar-refractivity contribution >= 4 is 57.4 Å². The highest BCUT2D eigenvalue weighted by Crippen LogP contribution is 2.55. The molecule has 42 heavy (non-hydrogen) atoms. The fourth-order valence-electron chi connectivity index (χ4n) is 6.71. The largest absolute Gasteiger partial charge is 0.493 e. The number of methoxy groups -OCH3 is 1. The number of carbonyl (C=O) groups is 2. The van der Waals surface area contributed by atoms with Gasteiger partial charge in [0.05, 0.1) is 20.7 Å². The molecule has 0 radical (unpaired) electrons. The van der Waals surface area contributed by atoms with Crippen LogP contribution in [0.4, 0.5) is 0 Å². The second-order valence-corrected chi connectivity index (χ2v) is 15.2. The van der Waals surface area contributed by atoms with Crippen LogP contribution in [-0.2, 0) is 16.2 Å². The summed E-state index contributed by atoms with van der Waals surface area (Å²) in [6, 6.07) is 9.40. The molecule has 0 spiro atoms. The molecule has 5 rings (SSSR count). The van der Waals surface area contributed by atoms with Gasteiger partial charge in [-0.15, -0.1) is 0 Å². The number of nitrogens with zero attached hydrogens (tertiary/aromatic N) is 1. The van der Waals surface area contributed by atoms with Gasteiger partial charge in [-0.25, -0.2) is 0 Å². The van der Waals surface area contributed by atoms with Gasteiger partial charge < -0.3 is 14.4 Å². The third-order valence-electron chi connectivity index (χ3n) is 8.42. The molecule has 5 nitrogen and oxygen atoms in total. The van der Waals surface area contributed by atoms with Gasteiger partial charge >= 0.3 is 0 Å². The van der Waals surface area contributed by atoms with E-state index in [0.29, 0.717) is 34.4 Å². The Hall–Kier alpha value is -2.03. The van der Waals surface area contributed by atoms with Crippen LogP contribution < -0.4 is 9.47 Å². The maximum absolute atomic E-state index is 14.0. The monoisotopic (exact) mass is 721 g/mol. The topological polar surface area (TPSA) is 55.8 Å². The second-order valence-electron chi connectivity index (χ2n) is 13.3. The summed E-state index contributed by atoms with van der Waals surface area (Å²) in [4.78, 5) is 30.3. The van der Waals surface area contributed by atoms with Crippen LogP contribution in [0.25, 0.3) is 0 Å². The Bertz CT molecular complexity index is 1470. The van der Waals surface area contributed by atoms with E-state index < -0.39 is 5.92 Å². The molecule has 0 amide bonds. The molecular formula is C34H38Cl2INO4. The lowest BCUT2D eigenvalue weighted by Gasteiger charge is -2.49.